The van der Waals surface area contributed by atoms with Gasteiger partial charge in [-0.3, -0.25) is 0 Å². The van der Waals surface area contributed by atoms with Gasteiger partial charge in [-0.05, 0) is 25.0 Å². The van der Waals surface area contributed by atoms with Gasteiger partial charge in [-0.15, -0.1) is 0 Å². The average Bonchev–Trinajstić information content (AvgIpc) is 2.65. The second-order valence-corrected chi connectivity index (χ2v) is 5.37. The van der Waals surface area contributed by atoms with Crippen LogP contribution in [0.15, 0.2) is 18.3 Å². The molecule has 18 heavy (non-hydrogen) atoms. The van der Waals surface area contributed by atoms with Gasteiger partial charge in [0.2, 0.25) is 0 Å². The van der Waals surface area contributed by atoms with Gasteiger partial charge in [-0.2, -0.15) is 0 Å². The van der Waals surface area contributed by atoms with Crippen molar-refractivity contribution in [3.63, 3.8) is 0 Å². The predicted molar refractivity (Wildman–Crippen MR) is 77.2 cm³/mol. The predicted octanol–water partition coefficient (Wildman–Crippen LogP) is 3.46. The number of hydrogen-bond donors (Lipinski definition) is 2. The number of nitrogens with one attached hydrogen (secondary N) is 2. The van der Waals surface area contributed by atoms with Crippen LogP contribution in [0, 0.1) is 0 Å². The highest BCUT2D eigenvalue weighted by molar-refractivity contribution is 6.30. The van der Waals surface area contributed by atoms with Crippen molar-refractivity contribution in [2.45, 2.75) is 44.6 Å². The fourth-order valence-electron chi connectivity index (χ4n) is 2.43. The SMILES string of the molecule is Clc1ccc(NCCNC2CCCCCC2)nc1. The summed E-state index contributed by atoms with van der Waals surface area (Å²) in [7, 11) is 0. The van der Waals surface area contributed by atoms with Crippen molar-refractivity contribution in [2.24, 2.45) is 0 Å². The maximum absolute atomic E-state index is 5.79. The monoisotopic (exact) mass is 267 g/mol. The molecule has 2 N–H and O–H groups in total. The van der Waals surface area contributed by atoms with E-state index in [9.17, 15) is 0 Å². The Labute approximate surface area is 114 Å². The largest absolute Gasteiger partial charge is 0.369 e. The number of halogens is 1. The van der Waals surface area contributed by atoms with E-state index in [1.165, 1.54) is 38.5 Å². The number of pyridine rings is 1. The summed E-state index contributed by atoms with van der Waals surface area (Å²) in [5.74, 6) is 0.891. The van der Waals surface area contributed by atoms with Gasteiger partial charge in [0.1, 0.15) is 5.82 Å². The lowest BCUT2D eigenvalue weighted by molar-refractivity contribution is 0.468. The summed E-state index contributed by atoms with van der Waals surface area (Å²) in [6, 6.07) is 4.48. The quantitative estimate of drug-likeness (QED) is 0.634. The Hall–Kier alpha value is -0.800. The molecule has 1 aromatic heterocycles. The molecule has 0 amide bonds. The first-order valence-electron chi connectivity index (χ1n) is 6.93. The molecule has 0 spiro atoms. The minimum absolute atomic E-state index is 0.678. The van der Waals surface area contributed by atoms with Crippen molar-refractivity contribution in [1.82, 2.24) is 10.3 Å². The topological polar surface area (TPSA) is 37.0 Å². The highest BCUT2D eigenvalue weighted by Crippen LogP contribution is 2.16. The minimum atomic E-state index is 0.678. The molecule has 1 aromatic rings. The molecule has 0 unspecified atom stereocenters. The Morgan fingerprint density at radius 3 is 2.56 bits per heavy atom. The molecular weight excluding hydrogens is 246 g/mol. The van der Waals surface area contributed by atoms with Gasteiger partial charge >= 0.3 is 0 Å². The normalized spacial score (nSPS) is 17.4. The van der Waals surface area contributed by atoms with Gasteiger partial charge in [0.15, 0.2) is 0 Å². The first-order valence-corrected chi connectivity index (χ1v) is 7.31. The van der Waals surface area contributed by atoms with Crippen molar-refractivity contribution < 1.29 is 0 Å². The Bertz CT molecular complexity index is 331. The highest BCUT2D eigenvalue weighted by Gasteiger charge is 2.10. The first-order chi connectivity index (χ1) is 8.84. The maximum Gasteiger partial charge on any atom is 0.126 e. The van der Waals surface area contributed by atoms with Crippen molar-refractivity contribution >= 4 is 17.4 Å². The van der Waals surface area contributed by atoms with E-state index in [0.29, 0.717) is 11.1 Å². The lowest BCUT2D eigenvalue weighted by Crippen LogP contribution is -2.32. The summed E-state index contributed by atoms with van der Waals surface area (Å²) >= 11 is 5.79. The second-order valence-electron chi connectivity index (χ2n) is 4.93. The van der Waals surface area contributed by atoms with E-state index in [4.69, 9.17) is 11.6 Å². The molecule has 1 fully saturated rings. The third-order valence-electron chi connectivity index (χ3n) is 3.45. The molecule has 1 saturated carbocycles. The number of aromatic nitrogens is 1. The summed E-state index contributed by atoms with van der Waals surface area (Å²) in [5, 5.41) is 7.60. The first kappa shape index (κ1) is 13.6. The van der Waals surface area contributed by atoms with Crippen molar-refractivity contribution in [1.29, 1.82) is 0 Å². The van der Waals surface area contributed by atoms with Crippen LogP contribution in [0.5, 0.6) is 0 Å². The fourth-order valence-corrected chi connectivity index (χ4v) is 2.54. The molecule has 4 heteroatoms. The molecular formula is C14H22ClN3. The number of rotatable bonds is 5. The molecule has 0 atom stereocenters. The van der Waals surface area contributed by atoms with Gasteiger partial charge in [0, 0.05) is 25.3 Å². The zero-order chi connectivity index (χ0) is 12.6. The van der Waals surface area contributed by atoms with Crippen LogP contribution in [0.3, 0.4) is 0 Å². The van der Waals surface area contributed by atoms with E-state index < -0.39 is 0 Å². The van der Waals surface area contributed by atoms with E-state index >= 15 is 0 Å². The maximum atomic E-state index is 5.79. The Balaban J connectivity index is 1.61. The molecule has 0 radical (unpaired) electrons. The molecule has 1 aliphatic rings. The van der Waals surface area contributed by atoms with E-state index in [1.54, 1.807) is 6.20 Å². The van der Waals surface area contributed by atoms with E-state index in [2.05, 4.69) is 15.6 Å². The minimum Gasteiger partial charge on any atom is -0.369 e. The summed E-state index contributed by atoms with van der Waals surface area (Å²) in [6.45, 7) is 1.90. The number of anilines is 1. The summed E-state index contributed by atoms with van der Waals surface area (Å²) in [5.41, 5.74) is 0. The van der Waals surface area contributed by atoms with E-state index in [-0.39, 0.29) is 0 Å². The van der Waals surface area contributed by atoms with Crippen LogP contribution >= 0.6 is 11.6 Å². The Morgan fingerprint density at radius 2 is 1.89 bits per heavy atom. The molecule has 0 aromatic carbocycles. The molecule has 0 saturated heterocycles. The standard InChI is InChI=1S/C14H22ClN3/c15-12-7-8-14(18-11-12)17-10-9-16-13-5-3-1-2-4-6-13/h7-8,11,13,16H,1-6,9-10H2,(H,17,18). The van der Waals surface area contributed by atoms with Gasteiger partial charge in [0.05, 0.1) is 5.02 Å². The molecule has 1 aliphatic carbocycles. The highest BCUT2D eigenvalue weighted by atomic mass is 35.5. The molecule has 1 heterocycles. The summed E-state index contributed by atoms with van der Waals surface area (Å²) in [4.78, 5) is 4.21. The number of nitrogens with zero attached hydrogens (tertiary/aromatic N) is 1. The smallest absolute Gasteiger partial charge is 0.126 e. The van der Waals surface area contributed by atoms with Crippen molar-refractivity contribution in [3.8, 4) is 0 Å². The number of hydrogen-bond acceptors (Lipinski definition) is 3. The van der Waals surface area contributed by atoms with Gasteiger partial charge in [0.25, 0.3) is 0 Å². The molecule has 100 valence electrons. The second kappa shape index (κ2) is 7.59. The molecule has 2 rings (SSSR count). The van der Waals surface area contributed by atoms with Crippen LogP contribution in [0.4, 0.5) is 5.82 Å². The summed E-state index contributed by atoms with van der Waals surface area (Å²) in [6.07, 6.45) is 9.91. The van der Waals surface area contributed by atoms with Crippen LogP contribution in [0.25, 0.3) is 0 Å². The van der Waals surface area contributed by atoms with Gasteiger partial charge < -0.3 is 10.6 Å². The van der Waals surface area contributed by atoms with E-state index in [0.717, 1.165) is 18.9 Å². The lowest BCUT2D eigenvalue weighted by Gasteiger charge is -2.16. The summed E-state index contributed by atoms with van der Waals surface area (Å²) < 4.78 is 0. The third kappa shape index (κ3) is 4.83. The zero-order valence-electron chi connectivity index (χ0n) is 10.8. The van der Waals surface area contributed by atoms with Gasteiger partial charge in [-0.25, -0.2) is 4.98 Å². The molecule has 3 nitrogen and oxygen atoms in total. The lowest BCUT2D eigenvalue weighted by atomic mass is 10.1. The van der Waals surface area contributed by atoms with Crippen LogP contribution in [0.1, 0.15) is 38.5 Å². The fraction of sp³-hybridized carbons (Fsp3) is 0.643. The van der Waals surface area contributed by atoms with Crippen LogP contribution in [-0.4, -0.2) is 24.1 Å². The Kier molecular flexibility index (Phi) is 5.75. The zero-order valence-corrected chi connectivity index (χ0v) is 11.5. The molecule has 0 aliphatic heterocycles. The van der Waals surface area contributed by atoms with Crippen LogP contribution < -0.4 is 10.6 Å². The Morgan fingerprint density at radius 1 is 1.11 bits per heavy atom. The van der Waals surface area contributed by atoms with E-state index in [1.807, 2.05) is 12.1 Å². The van der Waals surface area contributed by atoms with Crippen LogP contribution in [-0.2, 0) is 0 Å². The average molecular weight is 268 g/mol. The van der Waals surface area contributed by atoms with Crippen molar-refractivity contribution in [2.75, 3.05) is 18.4 Å². The molecule has 0 bridgehead atoms. The van der Waals surface area contributed by atoms with Crippen molar-refractivity contribution in [3.05, 3.63) is 23.4 Å². The third-order valence-corrected chi connectivity index (χ3v) is 3.67. The van der Waals surface area contributed by atoms with Gasteiger partial charge in [-0.1, -0.05) is 37.3 Å². The van der Waals surface area contributed by atoms with Crippen LogP contribution in [0.2, 0.25) is 5.02 Å².